The zero-order chi connectivity index (χ0) is 33.4. The molecule has 3 rings (SSSR count). The number of para-hydroxylation sites is 1. The molecule has 3 amide bonds. The summed E-state index contributed by atoms with van der Waals surface area (Å²) < 4.78 is 20.7. The van der Waals surface area contributed by atoms with Gasteiger partial charge < -0.3 is 34.6 Å². The van der Waals surface area contributed by atoms with Gasteiger partial charge in [0.25, 0.3) is 5.91 Å². The van der Waals surface area contributed by atoms with Crippen LogP contribution in [0.3, 0.4) is 0 Å². The van der Waals surface area contributed by atoms with Gasteiger partial charge in [-0.3, -0.25) is 19.2 Å². The third-order valence-electron chi connectivity index (χ3n) is 6.80. The number of hydrogen-bond donors (Lipinski definition) is 3. The van der Waals surface area contributed by atoms with E-state index in [0.717, 1.165) is 10.9 Å². The van der Waals surface area contributed by atoms with Gasteiger partial charge in [0.2, 0.25) is 12.7 Å². The molecule has 46 heavy (non-hydrogen) atoms. The summed E-state index contributed by atoms with van der Waals surface area (Å²) >= 11 is 0. The summed E-state index contributed by atoms with van der Waals surface area (Å²) in [6, 6.07) is 17.2. The second-order valence-electron chi connectivity index (χ2n) is 11.7. The minimum Gasteiger partial charge on any atom is -0.451 e. The lowest BCUT2D eigenvalue weighted by atomic mass is 9.98. The molecule has 1 atom stereocenters. The second-order valence-corrected chi connectivity index (χ2v) is 11.7. The highest BCUT2D eigenvalue weighted by molar-refractivity contribution is 5.98. The van der Waals surface area contributed by atoms with Gasteiger partial charge in [0.15, 0.2) is 5.76 Å². The van der Waals surface area contributed by atoms with Crippen molar-refractivity contribution in [3.63, 3.8) is 0 Å². The largest absolute Gasteiger partial charge is 0.451 e. The number of unbranched alkanes of at least 4 members (excludes halogenated alkanes) is 2. The molecule has 0 aliphatic rings. The number of ether oxygens (including phenoxy) is 3. The number of hydrogen-bond acceptors (Lipinski definition) is 9. The van der Waals surface area contributed by atoms with Crippen molar-refractivity contribution < 1.29 is 42.6 Å². The molecule has 3 aromatic rings. The van der Waals surface area contributed by atoms with Crippen LogP contribution in [0.5, 0.6) is 0 Å². The Bertz CT molecular complexity index is 1410. The molecule has 1 heterocycles. The van der Waals surface area contributed by atoms with Crippen molar-refractivity contribution in [3.8, 4) is 0 Å². The molecule has 0 saturated heterocycles. The Balaban J connectivity index is 1.41. The summed E-state index contributed by atoms with van der Waals surface area (Å²) in [6.45, 7) is 5.40. The SMILES string of the molecule is CC(C)(C)C(=O)OCOC(=O)CCCCCNC(=O)[C@H](CCCNC(=O)OCc1ccccc1)NC(=O)c1cc2ccccc2o1. The predicted octanol–water partition coefficient (Wildman–Crippen LogP) is 5.00. The monoisotopic (exact) mass is 637 g/mol. The second kappa shape index (κ2) is 18.2. The first-order valence-electron chi connectivity index (χ1n) is 15.4. The van der Waals surface area contributed by atoms with Gasteiger partial charge in [-0.05, 0) is 64.2 Å². The smallest absolute Gasteiger partial charge is 0.407 e. The summed E-state index contributed by atoms with van der Waals surface area (Å²) in [5.74, 6) is -1.76. The standard InChI is InChI=1S/C34H43N3O9/c1-34(2,3)32(41)45-23-44-29(38)18-8-5-11-19-35-30(39)26(37-31(40)28-21-25-15-9-10-17-27(25)46-28)16-12-20-36-33(42)43-22-24-13-6-4-7-14-24/h4,6-7,9-10,13-15,17,21,26H,5,8,11-12,16,18-20,22-23H2,1-3H3,(H,35,39)(H,36,42)(H,37,40)/t26-/m0/s1. The lowest BCUT2D eigenvalue weighted by Gasteiger charge is -2.18. The summed E-state index contributed by atoms with van der Waals surface area (Å²) in [6.07, 6.45) is 1.98. The molecule has 1 aromatic heterocycles. The van der Waals surface area contributed by atoms with Crippen molar-refractivity contribution in [3.05, 3.63) is 72.0 Å². The van der Waals surface area contributed by atoms with Crippen LogP contribution in [0.4, 0.5) is 4.79 Å². The number of benzene rings is 2. The Morgan fingerprint density at radius 1 is 0.804 bits per heavy atom. The van der Waals surface area contributed by atoms with Crippen LogP contribution in [0.15, 0.2) is 65.1 Å². The molecule has 12 heteroatoms. The topological polar surface area (TPSA) is 162 Å². The Hall–Kier alpha value is -4.87. The van der Waals surface area contributed by atoms with E-state index in [9.17, 15) is 24.0 Å². The number of fused-ring (bicyclic) bond motifs is 1. The lowest BCUT2D eigenvalue weighted by molar-refractivity contribution is -0.173. The normalized spacial score (nSPS) is 11.7. The zero-order valence-electron chi connectivity index (χ0n) is 26.6. The molecule has 0 unspecified atom stereocenters. The van der Waals surface area contributed by atoms with Crippen LogP contribution < -0.4 is 16.0 Å². The van der Waals surface area contributed by atoms with Gasteiger partial charge >= 0.3 is 18.0 Å². The maximum Gasteiger partial charge on any atom is 0.407 e. The maximum atomic E-state index is 13.1. The lowest BCUT2D eigenvalue weighted by Crippen LogP contribution is -2.47. The average Bonchev–Trinajstić information content (AvgIpc) is 3.47. The van der Waals surface area contributed by atoms with Crippen LogP contribution in [-0.2, 0) is 35.2 Å². The van der Waals surface area contributed by atoms with E-state index in [4.69, 9.17) is 18.6 Å². The fourth-order valence-corrected chi connectivity index (χ4v) is 4.21. The molecule has 0 aliphatic heterocycles. The molecule has 0 aliphatic carbocycles. The molecule has 3 N–H and O–H groups in total. The fraction of sp³-hybridized carbons (Fsp3) is 0.441. The first-order valence-corrected chi connectivity index (χ1v) is 15.4. The summed E-state index contributed by atoms with van der Waals surface area (Å²) in [4.78, 5) is 61.7. The van der Waals surface area contributed by atoms with Gasteiger partial charge in [0.05, 0.1) is 5.41 Å². The van der Waals surface area contributed by atoms with Crippen LogP contribution in [0.2, 0.25) is 0 Å². The van der Waals surface area contributed by atoms with Crippen LogP contribution in [-0.4, -0.2) is 55.8 Å². The van der Waals surface area contributed by atoms with Crippen LogP contribution in [0.1, 0.15) is 75.4 Å². The number of esters is 2. The van der Waals surface area contributed by atoms with Crippen molar-refractivity contribution >= 4 is 40.8 Å². The number of rotatable bonds is 17. The Labute approximate surface area is 268 Å². The van der Waals surface area contributed by atoms with Gasteiger partial charge in [0, 0.05) is 24.9 Å². The minimum absolute atomic E-state index is 0.0849. The van der Waals surface area contributed by atoms with Gasteiger partial charge in [-0.15, -0.1) is 0 Å². The number of amides is 3. The number of carbonyl (C=O) groups excluding carboxylic acids is 5. The first kappa shape index (κ1) is 35.6. The highest BCUT2D eigenvalue weighted by Gasteiger charge is 2.24. The van der Waals surface area contributed by atoms with Crippen molar-refractivity contribution in [1.29, 1.82) is 0 Å². The van der Waals surface area contributed by atoms with E-state index in [-0.39, 0.29) is 37.7 Å². The van der Waals surface area contributed by atoms with E-state index in [1.807, 2.05) is 42.5 Å². The van der Waals surface area contributed by atoms with Crippen LogP contribution >= 0.6 is 0 Å². The minimum atomic E-state index is -0.881. The van der Waals surface area contributed by atoms with Crippen LogP contribution in [0, 0.1) is 5.41 Å². The molecule has 0 radical (unpaired) electrons. The number of carbonyl (C=O) groups is 5. The van der Waals surface area contributed by atoms with Crippen LogP contribution in [0.25, 0.3) is 11.0 Å². The summed E-state index contributed by atoms with van der Waals surface area (Å²) in [7, 11) is 0. The first-order chi connectivity index (χ1) is 22.0. The van der Waals surface area contributed by atoms with E-state index in [1.165, 1.54) is 0 Å². The Kier molecular flexibility index (Phi) is 14.1. The fourth-order valence-electron chi connectivity index (χ4n) is 4.21. The molecule has 12 nitrogen and oxygen atoms in total. The van der Waals surface area contributed by atoms with Crippen molar-refractivity contribution in [2.24, 2.45) is 5.41 Å². The Morgan fingerprint density at radius 2 is 1.52 bits per heavy atom. The molecular formula is C34H43N3O9. The Morgan fingerprint density at radius 3 is 2.26 bits per heavy atom. The molecule has 0 fully saturated rings. The highest BCUT2D eigenvalue weighted by atomic mass is 16.7. The molecular weight excluding hydrogens is 594 g/mol. The van der Waals surface area contributed by atoms with E-state index in [1.54, 1.807) is 39.0 Å². The third-order valence-corrected chi connectivity index (χ3v) is 6.80. The highest BCUT2D eigenvalue weighted by Crippen LogP contribution is 2.19. The number of alkyl carbamates (subject to hydrolysis) is 1. The number of nitrogens with one attached hydrogen (secondary N) is 3. The van der Waals surface area contributed by atoms with Crippen molar-refractivity contribution in [2.75, 3.05) is 19.9 Å². The molecule has 0 spiro atoms. The van der Waals surface area contributed by atoms with Gasteiger partial charge in [-0.25, -0.2) is 4.79 Å². The number of furan rings is 1. The van der Waals surface area contributed by atoms with E-state index < -0.39 is 42.2 Å². The predicted molar refractivity (Wildman–Crippen MR) is 169 cm³/mol. The quantitative estimate of drug-likeness (QED) is 0.105. The van der Waals surface area contributed by atoms with Gasteiger partial charge in [0.1, 0.15) is 18.2 Å². The van der Waals surface area contributed by atoms with Crippen molar-refractivity contribution in [1.82, 2.24) is 16.0 Å². The molecule has 0 bridgehead atoms. The molecule has 2 aromatic carbocycles. The maximum absolute atomic E-state index is 13.1. The average molecular weight is 638 g/mol. The van der Waals surface area contributed by atoms with E-state index in [2.05, 4.69) is 16.0 Å². The summed E-state index contributed by atoms with van der Waals surface area (Å²) in [5.41, 5.74) is 0.739. The molecule has 0 saturated carbocycles. The molecule has 248 valence electrons. The summed E-state index contributed by atoms with van der Waals surface area (Å²) in [5, 5.41) is 9.01. The van der Waals surface area contributed by atoms with Crippen molar-refractivity contribution in [2.45, 2.75) is 71.9 Å². The van der Waals surface area contributed by atoms with Gasteiger partial charge in [-0.1, -0.05) is 55.0 Å². The van der Waals surface area contributed by atoms with Gasteiger partial charge in [-0.2, -0.15) is 0 Å². The third kappa shape index (κ3) is 12.6. The van der Waals surface area contributed by atoms with E-state index in [0.29, 0.717) is 37.8 Å². The zero-order valence-corrected chi connectivity index (χ0v) is 26.6. The van der Waals surface area contributed by atoms with E-state index >= 15 is 0 Å².